The van der Waals surface area contributed by atoms with Crippen LogP contribution in [-0.4, -0.2) is 28.4 Å². The third-order valence-corrected chi connectivity index (χ3v) is 5.64. The van der Waals surface area contributed by atoms with Crippen LogP contribution in [0.4, 0.5) is 5.69 Å². The first-order valence-electron chi connectivity index (χ1n) is 6.79. The van der Waals surface area contributed by atoms with Crippen LogP contribution in [0, 0.1) is 10.1 Å². The Labute approximate surface area is 136 Å². The van der Waals surface area contributed by atoms with E-state index in [1.165, 1.54) is 18.6 Å². The maximum Gasteiger partial charge on any atom is 0.284 e. The van der Waals surface area contributed by atoms with Crippen LogP contribution in [0.2, 0.25) is 0 Å². The Morgan fingerprint density at radius 3 is 2.90 bits per heavy atom. The third-order valence-electron chi connectivity index (χ3n) is 3.71. The molecule has 21 heavy (non-hydrogen) atoms. The molecular weight excluding hydrogens is 356 g/mol. The van der Waals surface area contributed by atoms with Crippen LogP contribution in [0.25, 0.3) is 0 Å². The standard InChI is InChI=1S/C14H17BrN2O3S/c1-21-10-5-2-4-9(8-10)16-14(18)11-6-3-7-12(13(11)15)17(19)20/h3,6-7,9-10H,2,4-5,8H2,1H3,(H,16,18). The first-order chi connectivity index (χ1) is 10.0. The molecule has 7 heteroatoms. The SMILES string of the molecule is CSC1CCCC(NC(=O)c2cccc([N+](=O)[O-])c2Br)C1. The Hall–Kier alpha value is -1.08. The Bertz CT molecular complexity index is 553. The largest absolute Gasteiger partial charge is 0.349 e. The van der Waals surface area contributed by atoms with Crippen molar-refractivity contribution in [1.29, 1.82) is 0 Å². The van der Waals surface area contributed by atoms with E-state index in [2.05, 4.69) is 27.5 Å². The molecule has 1 amide bonds. The minimum absolute atomic E-state index is 0.0896. The Kier molecular flexibility index (Phi) is 5.64. The number of amides is 1. The Balaban J connectivity index is 2.10. The zero-order valence-electron chi connectivity index (χ0n) is 11.7. The van der Waals surface area contributed by atoms with Gasteiger partial charge < -0.3 is 5.32 Å². The van der Waals surface area contributed by atoms with Gasteiger partial charge in [0.25, 0.3) is 11.6 Å². The van der Waals surface area contributed by atoms with E-state index in [-0.39, 0.29) is 22.1 Å². The first-order valence-corrected chi connectivity index (χ1v) is 8.87. The van der Waals surface area contributed by atoms with Crippen molar-refractivity contribution in [3.8, 4) is 0 Å². The lowest BCUT2D eigenvalue weighted by Gasteiger charge is -2.28. The monoisotopic (exact) mass is 372 g/mol. The van der Waals surface area contributed by atoms with E-state index >= 15 is 0 Å². The number of hydrogen-bond acceptors (Lipinski definition) is 4. The molecule has 0 spiro atoms. The van der Waals surface area contributed by atoms with Crippen molar-refractivity contribution in [2.45, 2.75) is 37.0 Å². The number of rotatable bonds is 4. The maximum absolute atomic E-state index is 12.3. The van der Waals surface area contributed by atoms with Crippen molar-refractivity contribution in [1.82, 2.24) is 5.32 Å². The number of thioether (sulfide) groups is 1. The number of nitrogens with one attached hydrogen (secondary N) is 1. The van der Waals surface area contributed by atoms with Crippen molar-refractivity contribution < 1.29 is 9.72 Å². The summed E-state index contributed by atoms with van der Waals surface area (Å²) in [5, 5.41) is 14.5. The zero-order valence-corrected chi connectivity index (χ0v) is 14.1. The van der Waals surface area contributed by atoms with E-state index in [4.69, 9.17) is 0 Å². The molecule has 2 rings (SSSR count). The summed E-state index contributed by atoms with van der Waals surface area (Å²) >= 11 is 5.00. The minimum Gasteiger partial charge on any atom is -0.349 e. The van der Waals surface area contributed by atoms with Crippen molar-refractivity contribution in [3.05, 3.63) is 38.3 Å². The molecular formula is C14H17BrN2O3S. The molecule has 1 aliphatic carbocycles. The van der Waals surface area contributed by atoms with E-state index in [1.807, 2.05) is 11.8 Å². The highest BCUT2D eigenvalue weighted by molar-refractivity contribution is 9.10. The second-order valence-electron chi connectivity index (χ2n) is 5.09. The highest BCUT2D eigenvalue weighted by Crippen LogP contribution is 2.30. The van der Waals surface area contributed by atoms with Crippen LogP contribution < -0.4 is 5.32 Å². The normalized spacial score (nSPS) is 21.8. The predicted molar refractivity (Wildman–Crippen MR) is 87.8 cm³/mol. The van der Waals surface area contributed by atoms with Gasteiger partial charge in [-0.1, -0.05) is 12.5 Å². The Morgan fingerprint density at radius 1 is 1.48 bits per heavy atom. The van der Waals surface area contributed by atoms with E-state index < -0.39 is 4.92 Å². The number of nitro benzene ring substituents is 1. The lowest BCUT2D eigenvalue weighted by molar-refractivity contribution is -0.385. The topological polar surface area (TPSA) is 72.2 Å². The molecule has 0 radical (unpaired) electrons. The number of carbonyl (C=O) groups excluding carboxylic acids is 1. The van der Waals surface area contributed by atoms with Gasteiger partial charge in [0.1, 0.15) is 4.47 Å². The summed E-state index contributed by atoms with van der Waals surface area (Å²) in [6, 6.07) is 4.66. The predicted octanol–water partition coefficient (Wildman–Crippen LogP) is 3.76. The van der Waals surface area contributed by atoms with Gasteiger partial charge in [0.2, 0.25) is 0 Å². The second kappa shape index (κ2) is 7.26. The number of halogens is 1. The maximum atomic E-state index is 12.3. The van der Waals surface area contributed by atoms with Gasteiger partial charge >= 0.3 is 0 Å². The van der Waals surface area contributed by atoms with E-state index in [0.29, 0.717) is 10.8 Å². The van der Waals surface area contributed by atoms with Crippen molar-refractivity contribution in [2.75, 3.05) is 6.26 Å². The lowest BCUT2D eigenvalue weighted by Crippen LogP contribution is -2.39. The van der Waals surface area contributed by atoms with E-state index in [9.17, 15) is 14.9 Å². The molecule has 1 aliphatic rings. The molecule has 1 fully saturated rings. The van der Waals surface area contributed by atoms with Gasteiger partial charge in [-0.05, 0) is 47.5 Å². The summed E-state index contributed by atoms with van der Waals surface area (Å²) in [5.41, 5.74) is 0.226. The van der Waals surface area contributed by atoms with Crippen molar-refractivity contribution >= 4 is 39.3 Å². The molecule has 2 atom stereocenters. The summed E-state index contributed by atoms with van der Waals surface area (Å²) < 4.78 is 0.240. The van der Waals surface area contributed by atoms with Crippen molar-refractivity contribution in [2.24, 2.45) is 0 Å². The second-order valence-corrected chi connectivity index (χ2v) is 7.02. The molecule has 0 saturated heterocycles. The van der Waals surface area contributed by atoms with E-state index in [0.717, 1.165) is 19.3 Å². The summed E-state index contributed by atoms with van der Waals surface area (Å²) in [6.07, 6.45) is 6.31. The fourth-order valence-electron chi connectivity index (χ4n) is 2.59. The van der Waals surface area contributed by atoms with Gasteiger partial charge in [-0.25, -0.2) is 0 Å². The lowest BCUT2D eigenvalue weighted by atomic mass is 9.94. The van der Waals surface area contributed by atoms with Gasteiger partial charge in [0.15, 0.2) is 0 Å². The van der Waals surface area contributed by atoms with Crippen molar-refractivity contribution in [3.63, 3.8) is 0 Å². The van der Waals surface area contributed by atoms with Gasteiger partial charge in [0, 0.05) is 17.4 Å². The average molecular weight is 373 g/mol. The minimum atomic E-state index is -0.495. The average Bonchev–Trinajstić information content (AvgIpc) is 2.47. The molecule has 0 heterocycles. The van der Waals surface area contributed by atoms with Gasteiger partial charge in [-0.15, -0.1) is 0 Å². The van der Waals surface area contributed by atoms with Gasteiger partial charge in [-0.2, -0.15) is 11.8 Å². The van der Waals surface area contributed by atoms with Crippen LogP contribution in [0.15, 0.2) is 22.7 Å². The van der Waals surface area contributed by atoms with E-state index in [1.54, 1.807) is 6.07 Å². The molecule has 1 N–H and O–H groups in total. The summed E-state index contributed by atoms with van der Waals surface area (Å²) in [5.74, 6) is -0.252. The highest BCUT2D eigenvalue weighted by Gasteiger charge is 2.25. The molecule has 0 bridgehead atoms. The fourth-order valence-corrected chi connectivity index (χ4v) is 4.01. The molecule has 1 saturated carbocycles. The number of benzene rings is 1. The summed E-state index contributed by atoms with van der Waals surface area (Å²) in [7, 11) is 0. The highest BCUT2D eigenvalue weighted by atomic mass is 79.9. The first kappa shape index (κ1) is 16.3. The molecule has 5 nitrogen and oxygen atoms in total. The summed E-state index contributed by atoms with van der Waals surface area (Å²) in [4.78, 5) is 22.7. The summed E-state index contributed by atoms with van der Waals surface area (Å²) in [6.45, 7) is 0. The van der Waals surface area contributed by atoms with Crippen LogP contribution in [0.5, 0.6) is 0 Å². The van der Waals surface area contributed by atoms with Crippen LogP contribution >= 0.6 is 27.7 Å². The number of nitro groups is 1. The molecule has 1 aromatic carbocycles. The van der Waals surface area contributed by atoms with Gasteiger partial charge in [-0.3, -0.25) is 14.9 Å². The van der Waals surface area contributed by atoms with Crippen LogP contribution in [-0.2, 0) is 0 Å². The number of hydrogen-bond donors (Lipinski definition) is 1. The van der Waals surface area contributed by atoms with Crippen LogP contribution in [0.1, 0.15) is 36.0 Å². The number of nitrogens with zero attached hydrogens (tertiary/aromatic N) is 1. The zero-order chi connectivity index (χ0) is 15.4. The quantitative estimate of drug-likeness (QED) is 0.644. The smallest absolute Gasteiger partial charge is 0.284 e. The molecule has 114 valence electrons. The molecule has 2 unspecified atom stereocenters. The molecule has 0 aliphatic heterocycles. The third kappa shape index (κ3) is 3.97. The van der Waals surface area contributed by atoms with Gasteiger partial charge in [0.05, 0.1) is 10.5 Å². The number of carbonyl (C=O) groups is 1. The Morgan fingerprint density at radius 2 is 2.24 bits per heavy atom. The molecule has 1 aromatic rings. The fraction of sp³-hybridized carbons (Fsp3) is 0.500. The van der Waals surface area contributed by atoms with Crippen LogP contribution in [0.3, 0.4) is 0 Å². The molecule has 0 aromatic heterocycles.